The van der Waals surface area contributed by atoms with E-state index in [4.69, 9.17) is 13.9 Å². The van der Waals surface area contributed by atoms with Crippen molar-refractivity contribution in [2.75, 3.05) is 7.11 Å². The zero-order valence-corrected chi connectivity index (χ0v) is 28.1. The van der Waals surface area contributed by atoms with Crippen molar-refractivity contribution in [3.8, 4) is 0 Å². The zero-order chi connectivity index (χ0) is 30.1. The Bertz CT molecular complexity index is 932. The molecule has 7 heteroatoms. The first-order chi connectivity index (χ1) is 18.6. The van der Waals surface area contributed by atoms with E-state index in [-0.39, 0.29) is 35.3 Å². The summed E-state index contributed by atoms with van der Waals surface area (Å²) in [5, 5.41) is 0.0625. The zero-order valence-electron chi connectivity index (χ0n) is 27.1. The highest BCUT2D eigenvalue weighted by Gasteiger charge is 2.49. The molecular formula is C33H57NO5Si. The van der Waals surface area contributed by atoms with Crippen LogP contribution in [0.25, 0.3) is 0 Å². The van der Waals surface area contributed by atoms with E-state index in [1.807, 2.05) is 37.8 Å². The summed E-state index contributed by atoms with van der Waals surface area (Å²) in [5.74, 6) is -0.350. The molecule has 1 aliphatic rings. The second-order valence-electron chi connectivity index (χ2n) is 14.1. The van der Waals surface area contributed by atoms with E-state index in [9.17, 15) is 9.59 Å². The summed E-state index contributed by atoms with van der Waals surface area (Å²) in [6.07, 6.45) is 10.8. The Kier molecular flexibility index (Phi) is 12.8. The highest BCUT2D eigenvalue weighted by Crippen LogP contribution is 2.42. The maximum absolute atomic E-state index is 13.8. The maximum atomic E-state index is 13.8. The lowest BCUT2D eigenvalue weighted by molar-refractivity contribution is 0.00865. The Morgan fingerprint density at radius 3 is 2.02 bits per heavy atom. The highest BCUT2D eigenvalue weighted by molar-refractivity contribution is 6.74. The third kappa shape index (κ3) is 10.2. The van der Waals surface area contributed by atoms with Crippen molar-refractivity contribution in [2.45, 2.75) is 155 Å². The van der Waals surface area contributed by atoms with Gasteiger partial charge in [0.15, 0.2) is 8.32 Å². The second kappa shape index (κ2) is 14.9. The van der Waals surface area contributed by atoms with E-state index >= 15 is 0 Å². The Labute approximate surface area is 245 Å². The molecule has 0 saturated carbocycles. The summed E-state index contributed by atoms with van der Waals surface area (Å²) < 4.78 is 17.9. The Hall–Kier alpha value is -1.86. The molecule has 3 atom stereocenters. The molecule has 1 fully saturated rings. The number of carbonyl (C=O) groups is 2. The number of nitrogens with zero attached hydrogens (tertiary/aromatic N) is 1. The minimum absolute atomic E-state index is 0.0625. The van der Waals surface area contributed by atoms with Gasteiger partial charge in [0.2, 0.25) is 0 Å². The van der Waals surface area contributed by atoms with Crippen LogP contribution in [0.1, 0.15) is 122 Å². The summed E-state index contributed by atoms with van der Waals surface area (Å²) in [6, 6.07) is 7.47. The maximum Gasteiger partial charge on any atom is 0.410 e. The molecule has 1 heterocycles. The number of benzene rings is 1. The number of hydrogen-bond acceptors (Lipinski definition) is 5. The number of hydrogen-bond donors (Lipinski definition) is 0. The Balaban J connectivity index is 2.34. The fourth-order valence-electron chi connectivity index (χ4n) is 5.23. The summed E-state index contributed by atoms with van der Waals surface area (Å²) >= 11 is 0. The van der Waals surface area contributed by atoms with Gasteiger partial charge in [-0.15, -0.1) is 0 Å². The van der Waals surface area contributed by atoms with Crippen LogP contribution in [-0.4, -0.2) is 56.2 Å². The van der Waals surface area contributed by atoms with Gasteiger partial charge in [-0.3, -0.25) is 4.90 Å². The van der Waals surface area contributed by atoms with Crippen LogP contribution >= 0.6 is 0 Å². The first kappa shape index (κ1) is 34.3. The molecule has 0 bridgehead atoms. The van der Waals surface area contributed by atoms with Crippen LogP contribution in [0.2, 0.25) is 18.1 Å². The van der Waals surface area contributed by atoms with E-state index in [2.05, 4.69) is 40.8 Å². The number of unbranched alkanes of at least 4 members (excludes halogenated alkanes) is 6. The standard InChI is InChI=1S/C33H57NO5Si/c1-11-12-13-14-15-16-17-18-27-24-29(39-40(9,10)33(5,6)7)28(34(27)31(36)38-32(2,3)4)23-25-19-21-26(22-20-25)30(35)37-8/h19-22,27-29H,11-18,23-24H2,1-10H3/t27-,28+,29+/m1/s1. The minimum Gasteiger partial charge on any atom is -0.465 e. The number of ether oxygens (including phenoxy) is 2. The van der Waals surface area contributed by atoms with Gasteiger partial charge >= 0.3 is 12.1 Å². The molecule has 1 saturated heterocycles. The van der Waals surface area contributed by atoms with Crippen LogP contribution < -0.4 is 0 Å². The van der Waals surface area contributed by atoms with Crippen molar-refractivity contribution in [2.24, 2.45) is 0 Å². The molecule has 228 valence electrons. The van der Waals surface area contributed by atoms with Crippen molar-refractivity contribution >= 4 is 20.4 Å². The summed E-state index contributed by atoms with van der Waals surface area (Å²) in [5.41, 5.74) is 1.01. The quantitative estimate of drug-likeness (QED) is 0.133. The first-order valence-corrected chi connectivity index (χ1v) is 18.4. The molecule has 6 nitrogen and oxygen atoms in total. The average molecular weight is 576 g/mol. The van der Waals surface area contributed by atoms with Crippen molar-refractivity contribution in [1.82, 2.24) is 4.90 Å². The van der Waals surface area contributed by atoms with E-state index in [0.717, 1.165) is 24.8 Å². The average Bonchev–Trinajstić information content (AvgIpc) is 3.17. The third-order valence-corrected chi connectivity index (χ3v) is 13.0. The number of rotatable bonds is 13. The topological polar surface area (TPSA) is 65.1 Å². The molecule has 1 aromatic carbocycles. The smallest absolute Gasteiger partial charge is 0.410 e. The highest BCUT2D eigenvalue weighted by atomic mass is 28.4. The number of amides is 1. The summed E-state index contributed by atoms with van der Waals surface area (Å²) in [6.45, 7) is 19.4. The second-order valence-corrected chi connectivity index (χ2v) is 18.8. The third-order valence-electron chi connectivity index (χ3n) is 8.50. The SMILES string of the molecule is CCCCCCCCC[C@@H]1C[C@H](O[Si](C)(C)C(C)(C)C)[C@H](Cc2ccc(C(=O)OC)cc2)N1C(=O)OC(C)(C)C. The molecule has 0 spiro atoms. The number of methoxy groups -OCH3 is 1. The number of likely N-dealkylation sites (tertiary alicyclic amines) is 1. The Morgan fingerprint density at radius 1 is 0.925 bits per heavy atom. The first-order valence-electron chi connectivity index (χ1n) is 15.5. The van der Waals surface area contributed by atoms with E-state index in [1.54, 1.807) is 12.1 Å². The number of esters is 1. The van der Waals surface area contributed by atoms with Crippen LogP contribution in [0.4, 0.5) is 4.79 Å². The fourth-order valence-corrected chi connectivity index (χ4v) is 6.59. The molecular weight excluding hydrogens is 518 g/mol. The predicted octanol–water partition coefficient (Wildman–Crippen LogP) is 8.92. The van der Waals surface area contributed by atoms with Crippen LogP contribution in [-0.2, 0) is 20.3 Å². The van der Waals surface area contributed by atoms with Gasteiger partial charge in [-0.2, -0.15) is 0 Å². The van der Waals surface area contributed by atoms with Gasteiger partial charge in [0.05, 0.1) is 24.8 Å². The predicted molar refractivity (Wildman–Crippen MR) is 166 cm³/mol. The summed E-state index contributed by atoms with van der Waals surface area (Å²) in [4.78, 5) is 27.8. The molecule has 1 amide bonds. The minimum atomic E-state index is -2.10. The van der Waals surface area contributed by atoms with Crippen LogP contribution in [0.5, 0.6) is 0 Å². The van der Waals surface area contributed by atoms with Crippen LogP contribution in [0.15, 0.2) is 24.3 Å². The van der Waals surface area contributed by atoms with Crippen molar-refractivity contribution in [3.05, 3.63) is 35.4 Å². The number of carbonyl (C=O) groups excluding carboxylic acids is 2. The monoisotopic (exact) mass is 575 g/mol. The fraction of sp³-hybridized carbons (Fsp3) is 0.758. The van der Waals surface area contributed by atoms with Crippen LogP contribution in [0, 0.1) is 0 Å². The molecule has 2 rings (SSSR count). The van der Waals surface area contributed by atoms with Gasteiger partial charge in [-0.05, 0) is 75.9 Å². The van der Waals surface area contributed by atoms with E-state index < -0.39 is 13.9 Å². The lowest BCUT2D eigenvalue weighted by Crippen LogP contribution is -2.50. The van der Waals surface area contributed by atoms with Crippen LogP contribution in [0.3, 0.4) is 0 Å². The molecule has 0 N–H and O–H groups in total. The van der Waals surface area contributed by atoms with Crippen molar-refractivity contribution < 1.29 is 23.5 Å². The van der Waals surface area contributed by atoms with E-state index in [0.29, 0.717) is 12.0 Å². The molecule has 0 aromatic heterocycles. The van der Waals surface area contributed by atoms with Gasteiger partial charge in [-0.25, -0.2) is 9.59 Å². The van der Waals surface area contributed by atoms with Gasteiger partial charge < -0.3 is 13.9 Å². The van der Waals surface area contributed by atoms with Gasteiger partial charge in [0.1, 0.15) is 5.60 Å². The largest absolute Gasteiger partial charge is 0.465 e. The molecule has 40 heavy (non-hydrogen) atoms. The summed E-state index contributed by atoms with van der Waals surface area (Å²) in [7, 11) is -0.705. The van der Waals surface area contributed by atoms with Gasteiger partial charge in [0.25, 0.3) is 0 Å². The van der Waals surface area contributed by atoms with E-state index in [1.165, 1.54) is 45.6 Å². The molecule has 0 radical (unpaired) electrons. The van der Waals surface area contributed by atoms with Crippen molar-refractivity contribution in [3.63, 3.8) is 0 Å². The van der Waals surface area contributed by atoms with Crippen molar-refractivity contribution in [1.29, 1.82) is 0 Å². The van der Waals surface area contributed by atoms with Gasteiger partial charge in [0, 0.05) is 6.04 Å². The molecule has 1 aliphatic heterocycles. The lowest BCUT2D eigenvalue weighted by atomic mass is 10.0. The van der Waals surface area contributed by atoms with Gasteiger partial charge in [-0.1, -0.05) is 84.8 Å². The lowest BCUT2D eigenvalue weighted by Gasteiger charge is -2.40. The molecule has 0 unspecified atom stereocenters. The molecule has 1 aromatic rings. The molecule has 0 aliphatic carbocycles. The Morgan fingerprint density at radius 2 is 1.50 bits per heavy atom. The normalized spacial score (nSPS) is 20.1.